The second kappa shape index (κ2) is 13.0. The highest BCUT2D eigenvalue weighted by Crippen LogP contribution is 2.38. The van der Waals surface area contributed by atoms with Crippen LogP contribution >= 0.6 is 0 Å². The van der Waals surface area contributed by atoms with Gasteiger partial charge in [0.05, 0.1) is 63.7 Å². The lowest BCUT2D eigenvalue weighted by Gasteiger charge is -2.48. The average molecular weight is 533 g/mol. The number of ether oxygens (including phenoxy) is 4. The summed E-state index contributed by atoms with van der Waals surface area (Å²) in [5.74, 6) is 0. The van der Waals surface area contributed by atoms with Crippen LogP contribution in [0.5, 0.6) is 0 Å². The molecular weight excluding hydrogens is 488 g/mol. The van der Waals surface area contributed by atoms with E-state index < -0.39 is 28.8 Å². The van der Waals surface area contributed by atoms with Crippen LogP contribution in [-0.4, -0.2) is 85.9 Å². The standard InChI is InChI=1S/C15H28O6.C15H16O2/c1-13(2,5-16)11-18-7-15(8-19-11)9-20-12(21-10-15)14(3,4)6-17;16-11-15(12-17,13-7-3-1-4-8-13)14-9-5-2-6-10-14/h11-12,16-17H,5-10H2,1-4H3;1-10,16-17H,11-12H2. The van der Waals surface area contributed by atoms with E-state index in [1.54, 1.807) is 0 Å². The molecule has 0 atom stereocenters. The number of aliphatic hydroxyl groups is 4. The van der Waals surface area contributed by atoms with Crippen LogP contribution in [0.1, 0.15) is 38.8 Å². The first-order valence-electron chi connectivity index (χ1n) is 13.1. The molecule has 0 radical (unpaired) electrons. The monoisotopic (exact) mass is 532 g/mol. The van der Waals surface area contributed by atoms with E-state index >= 15 is 0 Å². The topological polar surface area (TPSA) is 118 Å². The maximum absolute atomic E-state index is 9.72. The fraction of sp³-hybridized carbons (Fsp3) is 0.600. The van der Waals surface area contributed by atoms with Gasteiger partial charge < -0.3 is 39.4 Å². The van der Waals surface area contributed by atoms with Gasteiger partial charge in [0.2, 0.25) is 0 Å². The molecule has 0 bridgehead atoms. The van der Waals surface area contributed by atoms with Crippen LogP contribution in [0, 0.1) is 16.2 Å². The minimum atomic E-state index is -0.720. The molecule has 0 aromatic heterocycles. The first-order valence-corrected chi connectivity index (χ1v) is 13.1. The van der Waals surface area contributed by atoms with Gasteiger partial charge in [-0.05, 0) is 11.1 Å². The van der Waals surface area contributed by atoms with E-state index in [0.29, 0.717) is 26.4 Å². The molecule has 2 saturated heterocycles. The first-order chi connectivity index (χ1) is 18.1. The van der Waals surface area contributed by atoms with E-state index in [0.717, 1.165) is 11.1 Å². The van der Waals surface area contributed by atoms with Crippen molar-refractivity contribution in [3.63, 3.8) is 0 Å². The van der Waals surface area contributed by atoms with Gasteiger partial charge in [0.25, 0.3) is 0 Å². The Labute approximate surface area is 226 Å². The molecule has 2 aromatic rings. The summed E-state index contributed by atoms with van der Waals surface area (Å²) < 4.78 is 23.1. The molecule has 1 spiro atoms. The minimum absolute atomic E-state index is 0.00440. The van der Waals surface area contributed by atoms with Crippen molar-refractivity contribution in [1.82, 2.24) is 0 Å². The molecule has 4 N–H and O–H groups in total. The fourth-order valence-corrected chi connectivity index (χ4v) is 4.50. The van der Waals surface area contributed by atoms with Crippen molar-refractivity contribution in [2.75, 3.05) is 52.9 Å². The largest absolute Gasteiger partial charge is 0.396 e. The quantitative estimate of drug-likeness (QED) is 0.410. The highest BCUT2D eigenvalue weighted by molar-refractivity contribution is 5.39. The summed E-state index contributed by atoms with van der Waals surface area (Å²) in [6.07, 6.45) is -0.834. The van der Waals surface area contributed by atoms with Crippen molar-refractivity contribution in [2.24, 2.45) is 16.2 Å². The van der Waals surface area contributed by atoms with Crippen LogP contribution in [0.3, 0.4) is 0 Å². The molecular formula is C30H44O8. The van der Waals surface area contributed by atoms with Gasteiger partial charge in [-0.2, -0.15) is 0 Å². The Morgan fingerprint density at radius 2 is 0.895 bits per heavy atom. The molecule has 2 fully saturated rings. The third-order valence-corrected chi connectivity index (χ3v) is 7.45. The number of benzene rings is 2. The van der Waals surface area contributed by atoms with Crippen molar-refractivity contribution in [1.29, 1.82) is 0 Å². The van der Waals surface area contributed by atoms with Gasteiger partial charge in [0, 0.05) is 10.8 Å². The van der Waals surface area contributed by atoms with Gasteiger partial charge in [-0.25, -0.2) is 0 Å². The SMILES string of the molecule is CC(C)(CO)C1OCC2(CO1)COC(C(C)(C)CO)OC2.OCC(CO)(c1ccccc1)c1ccccc1. The van der Waals surface area contributed by atoms with Crippen molar-refractivity contribution < 1.29 is 39.4 Å². The third-order valence-electron chi connectivity index (χ3n) is 7.45. The molecule has 2 aromatic carbocycles. The number of hydrogen-bond acceptors (Lipinski definition) is 8. The van der Waals surface area contributed by atoms with Gasteiger partial charge in [-0.1, -0.05) is 88.4 Å². The van der Waals surface area contributed by atoms with Gasteiger partial charge in [0.15, 0.2) is 12.6 Å². The molecule has 2 aliphatic heterocycles. The van der Waals surface area contributed by atoms with E-state index in [2.05, 4.69) is 0 Å². The number of aliphatic hydroxyl groups excluding tert-OH is 4. The lowest BCUT2D eigenvalue weighted by Crippen LogP contribution is -2.56. The number of rotatable bonds is 8. The Bertz CT molecular complexity index is 864. The molecule has 8 heteroatoms. The van der Waals surface area contributed by atoms with E-state index in [1.165, 1.54) is 0 Å². The highest BCUT2D eigenvalue weighted by Gasteiger charge is 2.47. The van der Waals surface area contributed by atoms with Crippen molar-refractivity contribution in [3.05, 3.63) is 71.8 Å². The van der Waals surface area contributed by atoms with E-state index in [4.69, 9.17) is 18.9 Å². The Hall–Kier alpha value is -1.88. The van der Waals surface area contributed by atoms with E-state index in [-0.39, 0.29) is 31.8 Å². The molecule has 0 saturated carbocycles. The van der Waals surface area contributed by atoms with Crippen molar-refractivity contribution >= 4 is 0 Å². The summed E-state index contributed by atoms with van der Waals surface area (Å²) in [4.78, 5) is 0. The fourth-order valence-electron chi connectivity index (χ4n) is 4.50. The smallest absolute Gasteiger partial charge is 0.164 e. The molecule has 0 amide bonds. The summed E-state index contributed by atoms with van der Waals surface area (Å²) in [7, 11) is 0. The van der Waals surface area contributed by atoms with Crippen LogP contribution in [0.2, 0.25) is 0 Å². The molecule has 38 heavy (non-hydrogen) atoms. The maximum atomic E-state index is 9.72. The average Bonchev–Trinajstić information content (AvgIpc) is 2.96. The van der Waals surface area contributed by atoms with E-state index in [1.807, 2.05) is 88.4 Å². The molecule has 2 heterocycles. The third kappa shape index (κ3) is 6.81. The van der Waals surface area contributed by atoms with Gasteiger partial charge >= 0.3 is 0 Å². The Kier molecular flexibility index (Phi) is 10.5. The Balaban J connectivity index is 0.000000215. The summed E-state index contributed by atoms with van der Waals surface area (Å²) in [6, 6.07) is 19.2. The number of hydrogen-bond donors (Lipinski definition) is 4. The molecule has 4 rings (SSSR count). The predicted octanol–water partition coefficient (Wildman–Crippen LogP) is 2.71. The van der Waals surface area contributed by atoms with Crippen molar-refractivity contribution in [2.45, 2.75) is 45.7 Å². The predicted molar refractivity (Wildman–Crippen MR) is 143 cm³/mol. The summed E-state index contributed by atoms with van der Waals surface area (Å²) >= 11 is 0. The van der Waals surface area contributed by atoms with Gasteiger partial charge in [-0.3, -0.25) is 0 Å². The molecule has 212 valence electrons. The van der Waals surface area contributed by atoms with Crippen molar-refractivity contribution in [3.8, 4) is 0 Å². The lowest BCUT2D eigenvalue weighted by atomic mass is 9.76. The second-order valence-corrected chi connectivity index (χ2v) is 11.8. The lowest BCUT2D eigenvalue weighted by molar-refractivity contribution is -0.337. The Morgan fingerprint density at radius 3 is 1.16 bits per heavy atom. The van der Waals surface area contributed by atoms with Crippen LogP contribution in [0.15, 0.2) is 60.7 Å². The summed E-state index contributed by atoms with van der Waals surface area (Å²) in [6.45, 7) is 9.32. The molecule has 0 aliphatic carbocycles. The molecule has 2 aliphatic rings. The minimum Gasteiger partial charge on any atom is -0.396 e. The van der Waals surface area contributed by atoms with E-state index in [9.17, 15) is 20.4 Å². The van der Waals surface area contributed by atoms with Crippen LogP contribution in [0.4, 0.5) is 0 Å². The zero-order valence-corrected chi connectivity index (χ0v) is 23.0. The Morgan fingerprint density at radius 1 is 0.579 bits per heavy atom. The van der Waals surface area contributed by atoms with Crippen LogP contribution in [0.25, 0.3) is 0 Å². The van der Waals surface area contributed by atoms with Gasteiger partial charge in [-0.15, -0.1) is 0 Å². The van der Waals surface area contributed by atoms with Gasteiger partial charge in [0.1, 0.15) is 0 Å². The summed E-state index contributed by atoms with van der Waals surface area (Å²) in [5, 5.41) is 38.2. The summed E-state index contributed by atoms with van der Waals surface area (Å²) in [5.41, 5.74) is -0.0295. The normalized spacial score (nSPS) is 24.5. The first kappa shape index (κ1) is 30.7. The second-order valence-electron chi connectivity index (χ2n) is 11.8. The van der Waals surface area contributed by atoms with Crippen LogP contribution in [-0.2, 0) is 24.4 Å². The molecule has 8 nitrogen and oxygen atoms in total. The van der Waals surface area contributed by atoms with Crippen LogP contribution < -0.4 is 0 Å². The zero-order valence-electron chi connectivity index (χ0n) is 23.0. The highest BCUT2D eigenvalue weighted by atomic mass is 16.7. The molecule has 0 unspecified atom stereocenters. The zero-order chi connectivity index (χ0) is 27.9. The maximum Gasteiger partial charge on any atom is 0.164 e.